The van der Waals surface area contributed by atoms with Crippen molar-refractivity contribution in [1.82, 2.24) is 19.8 Å². The fourth-order valence-corrected chi connectivity index (χ4v) is 8.72. The van der Waals surface area contributed by atoms with E-state index in [0.29, 0.717) is 66.9 Å². The zero-order valence-electron chi connectivity index (χ0n) is 30.0. The van der Waals surface area contributed by atoms with Crippen LogP contribution in [0.15, 0.2) is 36.9 Å². The van der Waals surface area contributed by atoms with Crippen LogP contribution in [0.1, 0.15) is 48.9 Å². The number of hydrogen-bond donors (Lipinski definition) is 1. The Balaban J connectivity index is 1.27. The highest BCUT2D eigenvalue weighted by molar-refractivity contribution is 6.00. The molecule has 3 saturated heterocycles. The van der Waals surface area contributed by atoms with Crippen molar-refractivity contribution in [2.45, 2.75) is 75.0 Å². The number of hydrogen-bond acceptors (Lipinski definition) is 9. The van der Waals surface area contributed by atoms with Gasteiger partial charge in [0.2, 0.25) is 5.91 Å². The molecular formula is C39H43F5N6O4. The van der Waals surface area contributed by atoms with Crippen molar-refractivity contribution in [3.8, 4) is 24.1 Å². The first-order chi connectivity index (χ1) is 25.8. The number of anilines is 2. The molecule has 0 unspecified atom stereocenters. The summed E-state index contributed by atoms with van der Waals surface area (Å²) in [7, 11) is 1.80. The largest absolute Gasteiger partial charge is 0.508 e. The highest BCUT2D eigenvalue weighted by atomic mass is 19.4. The number of aromatic nitrogens is 2. The van der Waals surface area contributed by atoms with Crippen LogP contribution in [0.5, 0.6) is 11.8 Å². The maximum Gasteiger partial charge on any atom is 0.410 e. The first-order valence-electron chi connectivity index (χ1n) is 18.2. The zero-order chi connectivity index (χ0) is 38.4. The van der Waals surface area contributed by atoms with Crippen molar-refractivity contribution in [3.05, 3.63) is 59.6 Å². The summed E-state index contributed by atoms with van der Waals surface area (Å²) in [6.45, 7) is 4.34. The number of phenolic OH excluding ortho intramolecular Hbond substituents is 1. The zero-order valence-corrected chi connectivity index (χ0v) is 30.0. The summed E-state index contributed by atoms with van der Waals surface area (Å²) in [6, 6.07) is 4.76. The van der Waals surface area contributed by atoms with Crippen LogP contribution in [0.2, 0.25) is 0 Å². The molecule has 54 heavy (non-hydrogen) atoms. The van der Waals surface area contributed by atoms with E-state index in [1.807, 2.05) is 9.80 Å². The summed E-state index contributed by atoms with van der Waals surface area (Å²) in [5.41, 5.74) is -0.938. The lowest BCUT2D eigenvalue weighted by molar-refractivity contribution is -0.241. The van der Waals surface area contributed by atoms with E-state index in [1.54, 1.807) is 11.9 Å². The van der Waals surface area contributed by atoms with Crippen LogP contribution in [-0.2, 0) is 22.5 Å². The van der Waals surface area contributed by atoms with Gasteiger partial charge in [-0.3, -0.25) is 9.69 Å². The smallest absolute Gasteiger partial charge is 0.410 e. The van der Waals surface area contributed by atoms with E-state index in [0.717, 1.165) is 18.4 Å². The number of benzene rings is 2. The summed E-state index contributed by atoms with van der Waals surface area (Å²) < 4.78 is 86.8. The average Bonchev–Trinajstić information content (AvgIpc) is 3.77. The number of phenols is 1. The molecule has 3 aromatic rings. The maximum absolute atomic E-state index is 15.2. The van der Waals surface area contributed by atoms with Gasteiger partial charge in [-0.25, -0.2) is 8.78 Å². The van der Waals surface area contributed by atoms with Crippen LogP contribution in [0.4, 0.5) is 33.5 Å². The number of likely N-dealkylation sites (tertiary alicyclic amines) is 2. The maximum atomic E-state index is 15.2. The van der Waals surface area contributed by atoms with Gasteiger partial charge in [0, 0.05) is 87.6 Å². The highest BCUT2D eigenvalue weighted by Gasteiger charge is 2.65. The van der Waals surface area contributed by atoms with E-state index < -0.39 is 42.8 Å². The highest BCUT2D eigenvalue weighted by Crippen LogP contribution is 2.47. The molecule has 0 aliphatic carbocycles. The fourth-order valence-electron chi connectivity index (χ4n) is 8.72. The van der Waals surface area contributed by atoms with Gasteiger partial charge in [-0.15, -0.1) is 6.42 Å². The Labute approximate surface area is 310 Å². The fraction of sp³-hybridized carbons (Fsp3) is 0.513. The number of alkyl halides is 4. The molecule has 288 valence electrons. The van der Waals surface area contributed by atoms with Crippen molar-refractivity contribution < 1.29 is 41.3 Å². The minimum Gasteiger partial charge on any atom is -0.508 e. The molecule has 3 fully saturated rings. The number of halogens is 5. The minimum absolute atomic E-state index is 0.0323. The van der Waals surface area contributed by atoms with Gasteiger partial charge in [0.05, 0.1) is 17.8 Å². The number of ether oxygens (including phenoxy) is 2. The quantitative estimate of drug-likeness (QED) is 0.172. The summed E-state index contributed by atoms with van der Waals surface area (Å²) in [5, 5.41) is 11.6. The molecule has 7 rings (SSSR count). The third-order valence-electron chi connectivity index (χ3n) is 11.3. The van der Waals surface area contributed by atoms with Crippen LogP contribution in [0, 0.1) is 18.2 Å². The van der Waals surface area contributed by atoms with Crippen LogP contribution in [-0.4, -0.2) is 114 Å². The van der Waals surface area contributed by atoms with Gasteiger partial charge in [-0.1, -0.05) is 18.6 Å². The van der Waals surface area contributed by atoms with Crippen LogP contribution in [0.3, 0.4) is 0 Å². The van der Waals surface area contributed by atoms with E-state index in [-0.39, 0.29) is 55.6 Å². The van der Waals surface area contributed by atoms with E-state index in [4.69, 9.17) is 15.9 Å². The molecule has 10 nitrogen and oxygen atoms in total. The molecule has 1 N–H and O–H groups in total. The second-order valence-electron chi connectivity index (χ2n) is 14.6. The standard InChI is InChI=1S/C39H43F5N6O4/c1-4-29-31(41)9-8-24-17-28(51)18-33(35(24)29)48-14-10-30-32(22-48)45-37(46-36(30)47(3)21-27-7-6-13-49(27)34(52)5-2)54-23-38(39(42,43)44)19-25(40)20-50(38)26-11-15-53-16-12-26/h1,5,8-9,17-18,25-27,51H,2,6-7,10-16,19-23H2,3H3/t25-,27+,38+/m1/s1. The van der Waals surface area contributed by atoms with Gasteiger partial charge in [0.1, 0.15) is 30.2 Å². The molecule has 0 radical (unpaired) electrons. The van der Waals surface area contributed by atoms with Gasteiger partial charge in [0.25, 0.3) is 0 Å². The normalized spacial score (nSPS) is 23.7. The molecular weight excluding hydrogens is 711 g/mol. The third-order valence-corrected chi connectivity index (χ3v) is 11.3. The lowest BCUT2D eigenvalue weighted by atomic mass is 9.93. The molecule has 3 atom stereocenters. The van der Waals surface area contributed by atoms with Crippen molar-refractivity contribution in [2.24, 2.45) is 0 Å². The Morgan fingerprint density at radius 1 is 1.22 bits per heavy atom. The summed E-state index contributed by atoms with van der Waals surface area (Å²) in [4.78, 5) is 28.7. The van der Waals surface area contributed by atoms with Gasteiger partial charge in [-0.2, -0.15) is 23.1 Å². The molecule has 0 bridgehead atoms. The SMILES string of the molecule is C#Cc1c(F)ccc2cc(O)cc(N3CCc4c(nc(OC[C@]5(C(F)(F)F)C[C@@H](F)CN5C5CCOCC5)nc4N(C)C[C@@H]4CCCN4C(=O)C=C)C3)c12. The summed E-state index contributed by atoms with van der Waals surface area (Å²) in [6.07, 6.45) is 2.30. The number of rotatable bonds is 9. The van der Waals surface area contributed by atoms with E-state index in [1.165, 1.54) is 35.2 Å². The van der Waals surface area contributed by atoms with Gasteiger partial charge < -0.3 is 29.3 Å². The van der Waals surface area contributed by atoms with Crippen LogP contribution < -0.4 is 14.5 Å². The Kier molecular flexibility index (Phi) is 10.4. The monoisotopic (exact) mass is 754 g/mol. The lowest BCUT2D eigenvalue weighted by Crippen LogP contribution is -2.62. The molecule has 2 aromatic carbocycles. The molecule has 1 aromatic heterocycles. The first-order valence-corrected chi connectivity index (χ1v) is 18.2. The van der Waals surface area contributed by atoms with E-state index in [2.05, 4.69) is 22.5 Å². The predicted molar refractivity (Wildman–Crippen MR) is 193 cm³/mol. The van der Waals surface area contributed by atoms with Gasteiger partial charge in [-0.05, 0) is 55.7 Å². The van der Waals surface area contributed by atoms with Crippen molar-refractivity contribution in [1.29, 1.82) is 0 Å². The number of aromatic hydroxyl groups is 1. The van der Waals surface area contributed by atoms with Gasteiger partial charge in [0.15, 0.2) is 5.54 Å². The van der Waals surface area contributed by atoms with E-state index in [9.17, 15) is 14.3 Å². The number of carbonyl (C=O) groups excluding carboxylic acids is 1. The summed E-state index contributed by atoms with van der Waals surface area (Å²) in [5.74, 6) is 2.02. The van der Waals surface area contributed by atoms with Crippen molar-refractivity contribution in [2.75, 3.05) is 62.8 Å². The average molecular weight is 755 g/mol. The van der Waals surface area contributed by atoms with Crippen molar-refractivity contribution in [3.63, 3.8) is 0 Å². The second kappa shape index (κ2) is 14.9. The lowest BCUT2D eigenvalue weighted by Gasteiger charge is -2.44. The number of carbonyl (C=O) groups is 1. The van der Waals surface area contributed by atoms with E-state index >= 15 is 17.6 Å². The molecule has 5 heterocycles. The van der Waals surface area contributed by atoms with Crippen LogP contribution >= 0.6 is 0 Å². The Morgan fingerprint density at radius 2 is 2.00 bits per heavy atom. The number of terminal acetylenes is 1. The molecule has 4 aliphatic rings. The first kappa shape index (κ1) is 37.6. The van der Waals surface area contributed by atoms with Gasteiger partial charge >= 0.3 is 12.2 Å². The number of nitrogens with zero attached hydrogens (tertiary/aromatic N) is 6. The number of amides is 1. The predicted octanol–water partition coefficient (Wildman–Crippen LogP) is 5.53. The third kappa shape index (κ3) is 6.90. The molecule has 4 aliphatic heterocycles. The van der Waals surface area contributed by atoms with Crippen molar-refractivity contribution >= 4 is 28.2 Å². The topological polar surface area (TPSA) is 94.5 Å². The minimum atomic E-state index is -4.83. The molecule has 0 saturated carbocycles. The Morgan fingerprint density at radius 3 is 2.72 bits per heavy atom. The Bertz CT molecular complexity index is 1970. The summed E-state index contributed by atoms with van der Waals surface area (Å²) >= 11 is 0. The Hall–Kier alpha value is -4.68. The molecule has 15 heteroatoms. The number of likely N-dealkylation sites (N-methyl/N-ethyl adjacent to an activating group) is 1. The molecule has 0 spiro atoms. The molecule has 1 amide bonds. The second-order valence-corrected chi connectivity index (χ2v) is 14.6. The number of fused-ring (bicyclic) bond motifs is 2. The van der Waals surface area contributed by atoms with Crippen LogP contribution in [0.25, 0.3) is 10.8 Å².